The molecule has 28 heavy (non-hydrogen) atoms. The Morgan fingerprint density at radius 3 is 2.32 bits per heavy atom. The first-order chi connectivity index (χ1) is 13.6. The minimum atomic E-state index is -0.120. The van der Waals surface area contributed by atoms with Crippen LogP contribution in [0.3, 0.4) is 0 Å². The van der Waals surface area contributed by atoms with E-state index in [1.54, 1.807) is 36.2 Å². The number of carbonyl (C=O) groups excluding carboxylic acids is 2. The van der Waals surface area contributed by atoms with E-state index in [0.717, 1.165) is 38.4 Å². The van der Waals surface area contributed by atoms with Gasteiger partial charge >= 0.3 is 0 Å². The minimum Gasteiger partial charge on any atom is -0.379 e. The lowest BCUT2D eigenvalue weighted by Gasteiger charge is -2.26. The average molecular weight is 381 g/mol. The number of rotatable bonds is 7. The topological polar surface area (TPSA) is 61.9 Å². The van der Waals surface area contributed by atoms with Gasteiger partial charge in [-0.25, -0.2) is 0 Å². The van der Waals surface area contributed by atoms with Crippen molar-refractivity contribution in [3.05, 3.63) is 71.3 Å². The number of hydrogen-bond donors (Lipinski definition) is 1. The number of nitrogens with one attached hydrogen (secondary N) is 1. The molecule has 2 aromatic rings. The van der Waals surface area contributed by atoms with E-state index in [9.17, 15) is 9.59 Å². The molecule has 0 radical (unpaired) electrons. The molecule has 6 nitrogen and oxygen atoms in total. The van der Waals surface area contributed by atoms with Crippen LogP contribution in [0.5, 0.6) is 0 Å². The van der Waals surface area contributed by atoms with Gasteiger partial charge in [-0.3, -0.25) is 14.5 Å². The molecule has 148 valence electrons. The zero-order valence-corrected chi connectivity index (χ0v) is 16.3. The van der Waals surface area contributed by atoms with E-state index >= 15 is 0 Å². The summed E-state index contributed by atoms with van der Waals surface area (Å²) in [5, 5.41) is 2.93. The van der Waals surface area contributed by atoms with E-state index in [1.807, 2.05) is 30.3 Å². The maximum atomic E-state index is 12.6. The van der Waals surface area contributed by atoms with Crippen LogP contribution in [0.2, 0.25) is 0 Å². The lowest BCUT2D eigenvalue weighted by molar-refractivity contribution is 0.0383. The monoisotopic (exact) mass is 381 g/mol. The van der Waals surface area contributed by atoms with Crippen LogP contribution >= 0.6 is 0 Å². The fraction of sp³-hybridized carbons (Fsp3) is 0.364. The van der Waals surface area contributed by atoms with Gasteiger partial charge in [-0.2, -0.15) is 0 Å². The molecule has 1 fully saturated rings. The van der Waals surface area contributed by atoms with Gasteiger partial charge in [-0.1, -0.05) is 30.3 Å². The van der Waals surface area contributed by atoms with E-state index in [-0.39, 0.29) is 11.8 Å². The molecule has 2 amide bonds. The third-order valence-corrected chi connectivity index (χ3v) is 4.82. The van der Waals surface area contributed by atoms with Crippen molar-refractivity contribution >= 4 is 11.8 Å². The maximum absolute atomic E-state index is 12.6. The van der Waals surface area contributed by atoms with Gasteiger partial charge in [-0.15, -0.1) is 0 Å². The molecule has 0 atom stereocenters. The number of ether oxygens (including phenoxy) is 1. The predicted octanol–water partition coefficient (Wildman–Crippen LogP) is 2.02. The van der Waals surface area contributed by atoms with Gasteiger partial charge in [0.1, 0.15) is 0 Å². The molecule has 0 saturated carbocycles. The van der Waals surface area contributed by atoms with Gasteiger partial charge in [0.25, 0.3) is 11.8 Å². The lowest BCUT2D eigenvalue weighted by atomic mass is 10.1. The minimum absolute atomic E-state index is 0.0665. The van der Waals surface area contributed by atoms with Crippen molar-refractivity contribution in [2.75, 3.05) is 46.4 Å². The van der Waals surface area contributed by atoms with Gasteiger partial charge < -0.3 is 15.0 Å². The first-order valence-electron chi connectivity index (χ1n) is 9.61. The Hall–Kier alpha value is -2.70. The summed E-state index contributed by atoms with van der Waals surface area (Å²) in [5.74, 6) is -0.187. The highest BCUT2D eigenvalue weighted by Crippen LogP contribution is 2.10. The van der Waals surface area contributed by atoms with Crippen molar-refractivity contribution in [3.63, 3.8) is 0 Å². The van der Waals surface area contributed by atoms with Crippen molar-refractivity contribution < 1.29 is 14.3 Å². The van der Waals surface area contributed by atoms with Crippen molar-refractivity contribution in [3.8, 4) is 0 Å². The fourth-order valence-corrected chi connectivity index (χ4v) is 3.17. The standard InChI is InChI=1S/C22H27N3O3/c1-24(17-18-5-3-2-4-6-18)22(27)20-9-7-19(8-10-20)21(26)23-11-12-25-13-15-28-16-14-25/h2-10H,11-17H2,1H3,(H,23,26). The van der Waals surface area contributed by atoms with Gasteiger partial charge in [0.2, 0.25) is 0 Å². The number of benzene rings is 2. The highest BCUT2D eigenvalue weighted by atomic mass is 16.5. The summed E-state index contributed by atoms with van der Waals surface area (Å²) < 4.78 is 5.32. The molecule has 1 heterocycles. The highest BCUT2D eigenvalue weighted by molar-refractivity contribution is 5.97. The predicted molar refractivity (Wildman–Crippen MR) is 108 cm³/mol. The Balaban J connectivity index is 1.49. The smallest absolute Gasteiger partial charge is 0.253 e. The summed E-state index contributed by atoms with van der Waals surface area (Å²) >= 11 is 0. The van der Waals surface area contributed by atoms with Crippen molar-refractivity contribution in [1.29, 1.82) is 0 Å². The molecule has 3 rings (SSSR count). The largest absolute Gasteiger partial charge is 0.379 e. The van der Waals surface area contributed by atoms with Crippen molar-refractivity contribution in [2.24, 2.45) is 0 Å². The van der Waals surface area contributed by atoms with Crippen LogP contribution in [0.1, 0.15) is 26.3 Å². The second kappa shape index (κ2) is 10.0. The number of morpholine rings is 1. The molecule has 1 N–H and O–H groups in total. The summed E-state index contributed by atoms with van der Waals surface area (Å²) in [5.41, 5.74) is 2.21. The molecule has 0 bridgehead atoms. The van der Waals surface area contributed by atoms with E-state index in [0.29, 0.717) is 24.2 Å². The third-order valence-electron chi connectivity index (χ3n) is 4.82. The molecule has 0 aliphatic carbocycles. The molecule has 2 aromatic carbocycles. The van der Waals surface area contributed by atoms with Crippen LogP contribution in [0.25, 0.3) is 0 Å². The Morgan fingerprint density at radius 1 is 1.00 bits per heavy atom. The Morgan fingerprint density at radius 2 is 1.64 bits per heavy atom. The SMILES string of the molecule is CN(Cc1ccccc1)C(=O)c1ccc(C(=O)NCCN2CCOCC2)cc1. The first kappa shape index (κ1) is 20.0. The van der Waals surface area contributed by atoms with Gasteiger partial charge in [0.15, 0.2) is 0 Å². The molecular weight excluding hydrogens is 354 g/mol. The van der Waals surface area contributed by atoms with E-state index in [4.69, 9.17) is 4.74 Å². The summed E-state index contributed by atoms with van der Waals surface area (Å²) in [6.45, 7) is 5.27. The van der Waals surface area contributed by atoms with Crippen LogP contribution in [-0.2, 0) is 11.3 Å². The Bertz CT molecular complexity index is 771. The quantitative estimate of drug-likeness (QED) is 0.797. The van der Waals surface area contributed by atoms with Crippen LogP contribution in [0, 0.1) is 0 Å². The highest BCUT2D eigenvalue weighted by Gasteiger charge is 2.14. The van der Waals surface area contributed by atoms with Crippen LogP contribution in [0.4, 0.5) is 0 Å². The summed E-state index contributed by atoms with van der Waals surface area (Å²) in [6, 6.07) is 16.7. The average Bonchev–Trinajstić information content (AvgIpc) is 2.74. The zero-order chi connectivity index (χ0) is 19.8. The zero-order valence-electron chi connectivity index (χ0n) is 16.3. The van der Waals surface area contributed by atoms with Gasteiger partial charge in [-0.05, 0) is 29.8 Å². The fourth-order valence-electron chi connectivity index (χ4n) is 3.17. The van der Waals surface area contributed by atoms with Crippen molar-refractivity contribution in [1.82, 2.24) is 15.1 Å². The second-order valence-corrected chi connectivity index (χ2v) is 6.93. The van der Waals surface area contributed by atoms with E-state index in [2.05, 4.69) is 10.2 Å². The Kier molecular flexibility index (Phi) is 7.17. The van der Waals surface area contributed by atoms with Gasteiger partial charge in [0.05, 0.1) is 13.2 Å². The van der Waals surface area contributed by atoms with Gasteiger partial charge in [0, 0.05) is 50.9 Å². The molecular formula is C22H27N3O3. The Labute approximate surface area is 166 Å². The number of carbonyl (C=O) groups is 2. The summed E-state index contributed by atoms with van der Waals surface area (Å²) in [4.78, 5) is 28.8. The lowest BCUT2D eigenvalue weighted by Crippen LogP contribution is -2.41. The first-order valence-corrected chi connectivity index (χ1v) is 9.61. The molecule has 1 saturated heterocycles. The number of amides is 2. The van der Waals surface area contributed by atoms with Crippen molar-refractivity contribution in [2.45, 2.75) is 6.54 Å². The summed E-state index contributed by atoms with van der Waals surface area (Å²) in [7, 11) is 1.78. The van der Waals surface area contributed by atoms with E-state index < -0.39 is 0 Å². The maximum Gasteiger partial charge on any atom is 0.253 e. The number of hydrogen-bond acceptors (Lipinski definition) is 4. The van der Waals surface area contributed by atoms with E-state index in [1.165, 1.54) is 0 Å². The molecule has 6 heteroatoms. The normalized spacial score (nSPS) is 14.5. The molecule has 0 aromatic heterocycles. The molecule has 0 unspecified atom stereocenters. The molecule has 0 spiro atoms. The summed E-state index contributed by atoms with van der Waals surface area (Å²) in [6.07, 6.45) is 0. The third kappa shape index (κ3) is 5.65. The van der Waals surface area contributed by atoms with Crippen LogP contribution in [0.15, 0.2) is 54.6 Å². The van der Waals surface area contributed by atoms with Crippen LogP contribution < -0.4 is 5.32 Å². The number of nitrogens with zero attached hydrogens (tertiary/aromatic N) is 2. The second-order valence-electron chi connectivity index (χ2n) is 6.93. The molecule has 1 aliphatic heterocycles. The van der Waals surface area contributed by atoms with Crippen LogP contribution in [-0.4, -0.2) is 68.1 Å². The molecule has 1 aliphatic rings.